The number of hydrogen-bond acceptors (Lipinski definition) is 5. The number of carbonyl (C=O) groups is 1. The van der Waals surface area contributed by atoms with Crippen molar-refractivity contribution in [3.63, 3.8) is 0 Å². The van der Waals surface area contributed by atoms with Crippen LogP contribution in [-0.2, 0) is 10.2 Å². The quantitative estimate of drug-likeness (QED) is 0.512. The highest BCUT2D eigenvalue weighted by Crippen LogP contribution is 2.32. The minimum absolute atomic E-state index is 0.0743. The fourth-order valence-electron chi connectivity index (χ4n) is 2.91. The average Bonchev–Trinajstić information content (AvgIpc) is 3.16. The number of rotatable bonds is 7. The van der Waals surface area contributed by atoms with Crippen LogP contribution < -0.4 is 14.8 Å². The zero-order valence-corrected chi connectivity index (χ0v) is 18.9. The molecule has 0 saturated heterocycles. The standard InChI is InChI=1S/C24H28N2O3S/c1-6-28-21-10-8-7-9-19(21)20-15-30-23(25-20)26-22(27)16(2)29-18-13-11-17(12-14-18)24(3,4)5/h7-16H,6H2,1-5H3,(H,25,26,27). The predicted molar refractivity (Wildman–Crippen MR) is 123 cm³/mol. The molecule has 0 saturated carbocycles. The molecule has 0 aliphatic heterocycles. The van der Waals surface area contributed by atoms with Gasteiger partial charge in [-0.1, -0.05) is 45.0 Å². The molecule has 1 N–H and O–H groups in total. The molecule has 1 atom stereocenters. The Morgan fingerprint density at radius 1 is 1.13 bits per heavy atom. The highest BCUT2D eigenvalue weighted by Gasteiger charge is 2.18. The molecule has 1 unspecified atom stereocenters. The van der Waals surface area contributed by atoms with Crippen molar-refractivity contribution >= 4 is 22.4 Å². The highest BCUT2D eigenvalue weighted by molar-refractivity contribution is 7.14. The molecule has 3 aromatic rings. The summed E-state index contributed by atoms with van der Waals surface area (Å²) in [6, 6.07) is 15.6. The smallest absolute Gasteiger partial charge is 0.266 e. The number of amides is 1. The van der Waals surface area contributed by atoms with Crippen LogP contribution >= 0.6 is 11.3 Å². The van der Waals surface area contributed by atoms with Gasteiger partial charge in [-0.2, -0.15) is 0 Å². The minimum atomic E-state index is -0.645. The topological polar surface area (TPSA) is 60.5 Å². The lowest BCUT2D eigenvalue weighted by Crippen LogP contribution is -2.30. The lowest BCUT2D eigenvalue weighted by molar-refractivity contribution is -0.122. The molecule has 1 heterocycles. The van der Waals surface area contributed by atoms with Gasteiger partial charge in [-0.3, -0.25) is 10.1 Å². The number of hydrogen-bond donors (Lipinski definition) is 1. The Morgan fingerprint density at radius 3 is 2.50 bits per heavy atom. The zero-order chi connectivity index (χ0) is 21.7. The van der Waals surface area contributed by atoms with Gasteiger partial charge in [-0.05, 0) is 49.1 Å². The molecule has 0 bridgehead atoms. The van der Waals surface area contributed by atoms with Crippen molar-refractivity contribution in [2.75, 3.05) is 11.9 Å². The normalized spacial score (nSPS) is 12.3. The number of benzene rings is 2. The van der Waals surface area contributed by atoms with E-state index in [1.807, 2.05) is 60.8 Å². The first-order valence-electron chi connectivity index (χ1n) is 10.0. The lowest BCUT2D eigenvalue weighted by Gasteiger charge is -2.20. The Hall–Kier alpha value is -2.86. The Bertz CT molecular complexity index is 990. The van der Waals surface area contributed by atoms with Crippen LogP contribution in [0.15, 0.2) is 53.9 Å². The van der Waals surface area contributed by atoms with Crippen LogP contribution in [0.1, 0.15) is 40.2 Å². The molecular formula is C24H28N2O3S. The largest absolute Gasteiger partial charge is 0.493 e. The van der Waals surface area contributed by atoms with Crippen molar-refractivity contribution in [2.45, 2.75) is 46.1 Å². The lowest BCUT2D eigenvalue weighted by atomic mass is 9.87. The van der Waals surface area contributed by atoms with Gasteiger partial charge >= 0.3 is 0 Å². The van der Waals surface area contributed by atoms with Crippen molar-refractivity contribution in [2.24, 2.45) is 0 Å². The maximum absolute atomic E-state index is 12.6. The van der Waals surface area contributed by atoms with Crippen molar-refractivity contribution in [1.82, 2.24) is 4.98 Å². The summed E-state index contributed by atoms with van der Waals surface area (Å²) in [6.45, 7) is 10.7. The average molecular weight is 425 g/mol. The van der Waals surface area contributed by atoms with E-state index in [1.54, 1.807) is 6.92 Å². The summed E-state index contributed by atoms with van der Waals surface area (Å²) in [5.74, 6) is 1.20. The molecule has 0 spiro atoms. The number of aromatic nitrogens is 1. The Morgan fingerprint density at radius 2 is 1.83 bits per heavy atom. The summed E-state index contributed by atoms with van der Waals surface area (Å²) in [5, 5.41) is 5.28. The second-order valence-corrected chi connectivity index (χ2v) is 8.85. The number of anilines is 1. The SMILES string of the molecule is CCOc1ccccc1-c1csc(NC(=O)C(C)Oc2ccc(C(C)(C)C)cc2)n1. The second kappa shape index (κ2) is 9.30. The fraction of sp³-hybridized carbons (Fsp3) is 0.333. The molecule has 30 heavy (non-hydrogen) atoms. The third-order valence-electron chi connectivity index (χ3n) is 4.60. The Kier molecular flexibility index (Phi) is 6.77. The van der Waals surface area contributed by atoms with E-state index in [0.29, 0.717) is 17.5 Å². The van der Waals surface area contributed by atoms with Gasteiger partial charge in [0, 0.05) is 10.9 Å². The van der Waals surface area contributed by atoms with Crippen LogP contribution in [0, 0.1) is 0 Å². The van der Waals surface area contributed by atoms with E-state index >= 15 is 0 Å². The van der Waals surface area contributed by atoms with Crippen molar-refractivity contribution in [3.8, 4) is 22.8 Å². The zero-order valence-electron chi connectivity index (χ0n) is 18.1. The molecule has 0 aliphatic rings. The van der Waals surface area contributed by atoms with Gasteiger partial charge in [-0.15, -0.1) is 11.3 Å². The van der Waals surface area contributed by atoms with Gasteiger partial charge in [-0.25, -0.2) is 4.98 Å². The first kappa shape index (κ1) is 21.8. The van der Waals surface area contributed by atoms with Crippen molar-refractivity contribution in [1.29, 1.82) is 0 Å². The Balaban J connectivity index is 1.64. The molecule has 6 heteroatoms. The summed E-state index contributed by atoms with van der Waals surface area (Å²) in [5.41, 5.74) is 2.96. The molecule has 1 aromatic heterocycles. The molecular weight excluding hydrogens is 396 g/mol. The molecule has 2 aromatic carbocycles. The monoisotopic (exact) mass is 424 g/mol. The molecule has 5 nitrogen and oxygen atoms in total. The van der Waals surface area contributed by atoms with Gasteiger partial charge < -0.3 is 9.47 Å². The maximum atomic E-state index is 12.6. The summed E-state index contributed by atoms with van der Waals surface area (Å²) in [4.78, 5) is 17.1. The number of ether oxygens (including phenoxy) is 2. The van der Waals surface area contributed by atoms with E-state index in [1.165, 1.54) is 16.9 Å². The van der Waals surface area contributed by atoms with E-state index < -0.39 is 6.10 Å². The van der Waals surface area contributed by atoms with Gasteiger partial charge in [0.25, 0.3) is 5.91 Å². The molecule has 0 fully saturated rings. The highest BCUT2D eigenvalue weighted by atomic mass is 32.1. The van der Waals surface area contributed by atoms with Crippen LogP contribution in [0.4, 0.5) is 5.13 Å². The summed E-state index contributed by atoms with van der Waals surface area (Å²) in [6.07, 6.45) is -0.645. The number of nitrogens with zero attached hydrogens (tertiary/aromatic N) is 1. The van der Waals surface area contributed by atoms with Crippen LogP contribution in [-0.4, -0.2) is 23.6 Å². The van der Waals surface area contributed by atoms with Gasteiger partial charge in [0.05, 0.1) is 12.3 Å². The van der Waals surface area contributed by atoms with E-state index in [4.69, 9.17) is 9.47 Å². The summed E-state index contributed by atoms with van der Waals surface area (Å²) >= 11 is 1.37. The third kappa shape index (κ3) is 5.39. The minimum Gasteiger partial charge on any atom is -0.493 e. The maximum Gasteiger partial charge on any atom is 0.266 e. The molecule has 0 radical (unpaired) electrons. The molecule has 1 amide bonds. The molecule has 0 aliphatic carbocycles. The predicted octanol–water partition coefficient (Wildman–Crippen LogP) is 5.91. The summed E-state index contributed by atoms with van der Waals surface area (Å²) in [7, 11) is 0. The number of carbonyl (C=O) groups excluding carboxylic acids is 1. The van der Waals surface area contributed by atoms with Crippen LogP contribution in [0.3, 0.4) is 0 Å². The van der Waals surface area contributed by atoms with Crippen LogP contribution in [0.5, 0.6) is 11.5 Å². The van der Waals surface area contributed by atoms with Crippen LogP contribution in [0.2, 0.25) is 0 Å². The van der Waals surface area contributed by atoms with E-state index in [0.717, 1.165) is 17.0 Å². The third-order valence-corrected chi connectivity index (χ3v) is 5.36. The Labute approximate surface area is 182 Å². The van der Waals surface area contributed by atoms with E-state index in [2.05, 4.69) is 31.1 Å². The summed E-state index contributed by atoms with van der Waals surface area (Å²) < 4.78 is 11.5. The van der Waals surface area contributed by atoms with E-state index in [9.17, 15) is 4.79 Å². The van der Waals surface area contributed by atoms with Gasteiger partial charge in [0.1, 0.15) is 11.5 Å². The first-order valence-corrected chi connectivity index (χ1v) is 10.9. The number of para-hydroxylation sites is 1. The molecule has 3 rings (SSSR count). The fourth-order valence-corrected chi connectivity index (χ4v) is 3.63. The van der Waals surface area contributed by atoms with E-state index in [-0.39, 0.29) is 11.3 Å². The van der Waals surface area contributed by atoms with Gasteiger partial charge in [0.2, 0.25) is 0 Å². The van der Waals surface area contributed by atoms with Crippen molar-refractivity contribution < 1.29 is 14.3 Å². The number of nitrogens with one attached hydrogen (secondary N) is 1. The first-order chi connectivity index (χ1) is 14.3. The van der Waals surface area contributed by atoms with Crippen LogP contribution in [0.25, 0.3) is 11.3 Å². The molecule has 158 valence electrons. The second-order valence-electron chi connectivity index (χ2n) is 7.99. The van der Waals surface area contributed by atoms with Gasteiger partial charge in [0.15, 0.2) is 11.2 Å². The van der Waals surface area contributed by atoms with Crippen molar-refractivity contribution in [3.05, 3.63) is 59.5 Å². The number of thiazole rings is 1.